The first kappa shape index (κ1) is 21.6. The highest BCUT2D eigenvalue weighted by Gasteiger charge is 2.17. The molecule has 0 aromatic heterocycles. The summed E-state index contributed by atoms with van der Waals surface area (Å²) in [7, 11) is 1.59. The van der Waals surface area contributed by atoms with Crippen LogP contribution in [-0.4, -0.2) is 39.3 Å². The van der Waals surface area contributed by atoms with Crippen LogP contribution in [0.1, 0.15) is 15.9 Å². The van der Waals surface area contributed by atoms with Gasteiger partial charge in [0.25, 0.3) is 5.91 Å². The van der Waals surface area contributed by atoms with Crippen molar-refractivity contribution in [3.63, 3.8) is 0 Å². The number of nitrogens with one attached hydrogen (secondary N) is 1. The third-order valence-electron chi connectivity index (χ3n) is 5.23. The molecule has 1 aliphatic rings. The first-order chi connectivity index (χ1) is 15.6. The lowest BCUT2D eigenvalue weighted by Gasteiger charge is -2.29. The van der Waals surface area contributed by atoms with Crippen LogP contribution in [0.5, 0.6) is 17.2 Å². The summed E-state index contributed by atoms with van der Waals surface area (Å²) in [5.74, 6) is 1.20. The molecule has 1 fully saturated rings. The van der Waals surface area contributed by atoms with Crippen LogP contribution in [0.4, 0.5) is 10.1 Å². The highest BCUT2D eigenvalue weighted by molar-refractivity contribution is 5.94. The van der Waals surface area contributed by atoms with Gasteiger partial charge in [-0.25, -0.2) is 4.39 Å². The van der Waals surface area contributed by atoms with Crippen molar-refractivity contribution in [2.24, 2.45) is 0 Å². The van der Waals surface area contributed by atoms with E-state index >= 15 is 0 Å². The van der Waals surface area contributed by atoms with E-state index in [1.807, 2.05) is 53.4 Å². The Morgan fingerprint density at radius 3 is 2.44 bits per heavy atom. The number of carbonyl (C=O) groups is 1. The monoisotopic (exact) mass is 436 g/mol. The van der Waals surface area contributed by atoms with Crippen LogP contribution >= 0.6 is 0 Å². The van der Waals surface area contributed by atoms with Crippen LogP contribution in [0.25, 0.3) is 0 Å². The molecule has 3 aromatic rings. The SMILES string of the molecule is COc1ccccc1Oc1ccc(CNC(=O)c2ccc(N3CCOCC3)c(F)c2)cc1. The Hall–Kier alpha value is -3.58. The van der Waals surface area contributed by atoms with Gasteiger partial charge in [0.05, 0.1) is 26.0 Å². The zero-order valence-corrected chi connectivity index (χ0v) is 17.8. The van der Waals surface area contributed by atoms with Crippen LogP contribution in [0, 0.1) is 5.82 Å². The van der Waals surface area contributed by atoms with Crippen LogP contribution < -0.4 is 19.7 Å². The molecule has 0 unspecified atom stereocenters. The normalized spacial score (nSPS) is 13.5. The fraction of sp³-hybridized carbons (Fsp3) is 0.240. The number of benzene rings is 3. The molecular formula is C25H25FN2O4. The lowest BCUT2D eigenvalue weighted by molar-refractivity contribution is 0.0950. The van der Waals surface area contributed by atoms with Crippen molar-refractivity contribution in [2.45, 2.75) is 6.54 Å². The summed E-state index contributed by atoms with van der Waals surface area (Å²) in [4.78, 5) is 14.4. The van der Waals surface area contributed by atoms with Crippen molar-refractivity contribution in [2.75, 3.05) is 38.3 Å². The van der Waals surface area contributed by atoms with E-state index in [-0.39, 0.29) is 11.5 Å². The second-order valence-corrected chi connectivity index (χ2v) is 7.35. The third kappa shape index (κ3) is 5.18. The molecule has 1 heterocycles. The molecule has 1 saturated heterocycles. The molecule has 0 radical (unpaired) electrons. The highest BCUT2D eigenvalue weighted by atomic mass is 19.1. The average molecular weight is 436 g/mol. The molecule has 6 nitrogen and oxygen atoms in total. The smallest absolute Gasteiger partial charge is 0.251 e. The zero-order chi connectivity index (χ0) is 22.3. The molecule has 0 atom stereocenters. The summed E-state index contributed by atoms with van der Waals surface area (Å²) in [6.07, 6.45) is 0. The number of ether oxygens (including phenoxy) is 3. The molecule has 166 valence electrons. The number of amides is 1. The van der Waals surface area contributed by atoms with E-state index in [2.05, 4.69) is 5.32 Å². The first-order valence-corrected chi connectivity index (χ1v) is 10.4. The van der Waals surface area contributed by atoms with Crippen LogP contribution in [0.2, 0.25) is 0 Å². The maximum Gasteiger partial charge on any atom is 0.251 e. The Morgan fingerprint density at radius 1 is 1.03 bits per heavy atom. The van der Waals surface area contributed by atoms with Crippen molar-refractivity contribution in [3.8, 4) is 17.2 Å². The van der Waals surface area contributed by atoms with Crippen molar-refractivity contribution in [3.05, 3.63) is 83.7 Å². The van der Waals surface area contributed by atoms with Crippen LogP contribution in [-0.2, 0) is 11.3 Å². The van der Waals surface area contributed by atoms with Crippen molar-refractivity contribution in [1.82, 2.24) is 5.32 Å². The fourth-order valence-corrected chi connectivity index (χ4v) is 3.50. The van der Waals surface area contributed by atoms with E-state index in [1.54, 1.807) is 19.2 Å². The van der Waals surface area contributed by atoms with Gasteiger partial charge in [-0.15, -0.1) is 0 Å². The number of para-hydroxylation sites is 2. The van der Waals surface area contributed by atoms with Crippen LogP contribution in [0.3, 0.4) is 0 Å². The van der Waals surface area contributed by atoms with E-state index in [9.17, 15) is 9.18 Å². The Bertz CT molecular complexity index is 1070. The molecule has 0 aliphatic carbocycles. The maximum absolute atomic E-state index is 14.6. The van der Waals surface area contributed by atoms with Gasteiger partial charge in [0.2, 0.25) is 0 Å². The highest BCUT2D eigenvalue weighted by Crippen LogP contribution is 2.31. The van der Waals surface area contributed by atoms with Gasteiger partial charge >= 0.3 is 0 Å². The lowest BCUT2D eigenvalue weighted by atomic mass is 10.1. The summed E-state index contributed by atoms with van der Waals surface area (Å²) < 4.78 is 31.0. The Morgan fingerprint density at radius 2 is 1.75 bits per heavy atom. The number of hydrogen-bond donors (Lipinski definition) is 1. The van der Waals surface area contributed by atoms with Crippen molar-refractivity contribution in [1.29, 1.82) is 0 Å². The minimum absolute atomic E-state index is 0.288. The predicted molar refractivity (Wildman–Crippen MR) is 120 cm³/mol. The minimum Gasteiger partial charge on any atom is -0.493 e. The third-order valence-corrected chi connectivity index (χ3v) is 5.23. The average Bonchev–Trinajstić information content (AvgIpc) is 2.84. The number of carbonyl (C=O) groups excluding carboxylic acids is 1. The van der Waals surface area contributed by atoms with Gasteiger partial charge in [0.15, 0.2) is 11.5 Å². The molecule has 1 N–H and O–H groups in total. The number of halogens is 1. The predicted octanol–water partition coefficient (Wildman–Crippen LogP) is 4.39. The number of rotatable bonds is 7. The van der Waals surface area contributed by atoms with Gasteiger partial charge in [-0.2, -0.15) is 0 Å². The van der Waals surface area contributed by atoms with Crippen molar-refractivity contribution >= 4 is 11.6 Å². The molecule has 0 saturated carbocycles. The number of nitrogens with zero attached hydrogens (tertiary/aromatic N) is 1. The molecule has 3 aromatic carbocycles. The lowest BCUT2D eigenvalue weighted by Crippen LogP contribution is -2.36. The summed E-state index contributed by atoms with van der Waals surface area (Å²) in [6.45, 7) is 2.74. The topological polar surface area (TPSA) is 60.0 Å². The summed E-state index contributed by atoms with van der Waals surface area (Å²) in [5.41, 5.74) is 1.68. The number of morpholine rings is 1. The Labute approximate surface area is 186 Å². The quantitative estimate of drug-likeness (QED) is 0.595. The van der Waals surface area contributed by atoms with E-state index in [1.165, 1.54) is 6.07 Å². The van der Waals surface area contributed by atoms with E-state index in [0.717, 1.165) is 5.56 Å². The number of anilines is 1. The summed E-state index contributed by atoms with van der Waals surface area (Å²) in [6, 6.07) is 19.4. The van der Waals surface area contributed by atoms with E-state index in [4.69, 9.17) is 14.2 Å². The molecule has 4 rings (SSSR count). The maximum atomic E-state index is 14.6. The molecular weight excluding hydrogens is 411 g/mol. The fourth-order valence-electron chi connectivity index (χ4n) is 3.50. The van der Waals surface area contributed by atoms with E-state index < -0.39 is 5.82 Å². The number of methoxy groups -OCH3 is 1. The molecule has 1 aliphatic heterocycles. The van der Waals surface area contributed by atoms with Gasteiger partial charge in [-0.05, 0) is 48.0 Å². The van der Waals surface area contributed by atoms with Crippen molar-refractivity contribution < 1.29 is 23.4 Å². The second kappa shape index (κ2) is 10.2. The Kier molecular flexibility index (Phi) is 6.87. The minimum atomic E-state index is -0.405. The van der Waals surface area contributed by atoms with Gasteiger partial charge in [0.1, 0.15) is 11.6 Å². The zero-order valence-electron chi connectivity index (χ0n) is 17.8. The number of hydrogen-bond acceptors (Lipinski definition) is 5. The summed E-state index contributed by atoms with van der Waals surface area (Å²) >= 11 is 0. The Balaban J connectivity index is 1.34. The first-order valence-electron chi connectivity index (χ1n) is 10.4. The molecule has 0 bridgehead atoms. The van der Waals surface area contributed by atoms with E-state index in [0.29, 0.717) is 55.8 Å². The molecule has 7 heteroatoms. The van der Waals surface area contributed by atoms with Gasteiger partial charge in [-0.1, -0.05) is 24.3 Å². The van der Waals surface area contributed by atoms with Gasteiger partial charge in [0, 0.05) is 25.2 Å². The standard InChI is InChI=1S/C25H25FN2O4/c1-30-23-4-2-3-5-24(23)32-20-9-6-18(7-10-20)17-27-25(29)19-8-11-22(21(26)16-19)28-12-14-31-15-13-28/h2-11,16H,12-15,17H2,1H3,(H,27,29). The van der Waals surface area contributed by atoms with Crippen LogP contribution in [0.15, 0.2) is 66.7 Å². The largest absolute Gasteiger partial charge is 0.493 e. The van der Waals surface area contributed by atoms with Gasteiger partial charge in [-0.3, -0.25) is 4.79 Å². The second-order valence-electron chi connectivity index (χ2n) is 7.35. The van der Waals surface area contributed by atoms with Gasteiger partial charge < -0.3 is 24.4 Å². The molecule has 1 amide bonds. The molecule has 0 spiro atoms. The molecule has 32 heavy (non-hydrogen) atoms. The summed E-state index contributed by atoms with van der Waals surface area (Å²) in [5, 5.41) is 2.83.